The lowest BCUT2D eigenvalue weighted by Crippen LogP contribution is -2.13. The molecular weight excluding hydrogens is 301 g/mol. The zero-order chi connectivity index (χ0) is 14.8. The number of rotatable bonds is 3. The summed E-state index contributed by atoms with van der Waals surface area (Å²) in [5.74, 6) is 0. The second kappa shape index (κ2) is 6.07. The second-order valence-electron chi connectivity index (χ2n) is 5.16. The first-order chi connectivity index (χ1) is 10.1. The Morgan fingerprint density at radius 3 is 2.38 bits per heavy atom. The van der Waals surface area contributed by atoms with Gasteiger partial charge >= 0.3 is 0 Å². The summed E-state index contributed by atoms with van der Waals surface area (Å²) in [4.78, 5) is 0. The lowest BCUT2D eigenvalue weighted by molar-refractivity contribution is 0.723. The smallest absolute Gasteiger partial charge is 0.0468 e. The van der Waals surface area contributed by atoms with Crippen molar-refractivity contribution in [3.05, 3.63) is 81.8 Å². The molecular formula is C18H15Cl2N. The number of hydrogen-bond acceptors (Lipinski definition) is 1. The molecule has 0 aliphatic carbocycles. The lowest BCUT2D eigenvalue weighted by Gasteiger charge is -2.14. The molecule has 3 heteroatoms. The van der Waals surface area contributed by atoms with Crippen molar-refractivity contribution in [2.75, 3.05) is 0 Å². The molecule has 0 aliphatic rings. The zero-order valence-corrected chi connectivity index (χ0v) is 12.9. The Morgan fingerprint density at radius 2 is 1.62 bits per heavy atom. The van der Waals surface area contributed by atoms with Crippen molar-refractivity contribution in [2.45, 2.75) is 12.5 Å². The van der Waals surface area contributed by atoms with Crippen LogP contribution in [0.5, 0.6) is 0 Å². The minimum absolute atomic E-state index is 0.143. The van der Waals surface area contributed by atoms with Crippen LogP contribution in [0.2, 0.25) is 10.0 Å². The van der Waals surface area contributed by atoms with E-state index in [4.69, 9.17) is 28.9 Å². The van der Waals surface area contributed by atoms with Gasteiger partial charge in [-0.2, -0.15) is 0 Å². The quantitative estimate of drug-likeness (QED) is 0.689. The molecule has 1 atom stereocenters. The van der Waals surface area contributed by atoms with Gasteiger partial charge in [-0.15, -0.1) is 0 Å². The molecule has 1 unspecified atom stereocenters. The van der Waals surface area contributed by atoms with Crippen molar-refractivity contribution in [1.29, 1.82) is 0 Å². The van der Waals surface area contributed by atoms with Crippen LogP contribution in [0.4, 0.5) is 0 Å². The number of nitrogens with two attached hydrogens (primary N) is 1. The highest BCUT2D eigenvalue weighted by Crippen LogP contribution is 2.27. The standard InChI is InChI=1S/C18H15Cl2N/c19-15-7-8-16(17(20)11-15)18(21)10-12-5-6-13-3-1-2-4-14(13)9-12/h1-9,11,18H,10,21H2. The second-order valence-corrected chi connectivity index (χ2v) is 6.00. The van der Waals surface area contributed by atoms with Crippen LogP contribution in [0.15, 0.2) is 60.7 Å². The van der Waals surface area contributed by atoms with E-state index in [0.717, 1.165) is 12.0 Å². The minimum atomic E-state index is -0.143. The first-order valence-corrected chi connectivity index (χ1v) is 7.57. The van der Waals surface area contributed by atoms with E-state index in [1.807, 2.05) is 24.3 Å². The third-order valence-corrected chi connectivity index (χ3v) is 4.19. The molecule has 0 bridgehead atoms. The fraction of sp³-hybridized carbons (Fsp3) is 0.111. The van der Waals surface area contributed by atoms with E-state index >= 15 is 0 Å². The molecule has 3 aromatic carbocycles. The number of hydrogen-bond donors (Lipinski definition) is 1. The van der Waals surface area contributed by atoms with Gasteiger partial charge in [-0.3, -0.25) is 0 Å². The predicted molar refractivity (Wildman–Crippen MR) is 91.0 cm³/mol. The largest absolute Gasteiger partial charge is 0.324 e. The topological polar surface area (TPSA) is 26.0 Å². The van der Waals surface area contributed by atoms with Gasteiger partial charge < -0.3 is 5.73 Å². The van der Waals surface area contributed by atoms with Crippen LogP contribution in [0.3, 0.4) is 0 Å². The third kappa shape index (κ3) is 3.21. The van der Waals surface area contributed by atoms with Crippen molar-refractivity contribution in [1.82, 2.24) is 0 Å². The van der Waals surface area contributed by atoms with Gasteiger partial charge in [0.25, 0.3) is 0 Å². The van der Waals surface area contributed by atoms with Crippen molar-refractivity contribution < 1.29 is 0 Å². The average Bonchev–Trinajstić information content (AvgIpc) is 2.47. The molecule has 3 aromatic rings. The highest BCUT2D eigenvalue weighted by Gasteiger charge is 2.11. The molecule has 0 amide bonds. The van der Waals surface area contributed by atoms with Gasteiger partial charge in [0.15, 0.2) is 0 Å². The Hall–Kier alpha value is -1.54. The van der Waals surface area contributed by atoms with Gasteiger partial charge in [-0.05, 0) is 40.5 Å². The van der Waals surface area contributed by atoms with Gasteiger partial charge in [0.2, 0.25) is 0 Å². The monoisotopic (exact) mass is 315 g/mol. The number of benzene rings is 3. The van der Waals surface area contributed by atoms with Crippen molar-refractivity contribution in [3.8, 4) is 0 Å². The molecule has 1 nitrogen and oxygen atoms in total. The summed E-state index contributed by atoms with van der Waals surface area (Å²) >= 11 is 12.1. The summed E-state index contributed by atoms with van der Waals surface area (Å²) in [5, 5.41) is 3.71. The predicted octanol–water partition coefficient (Wildman–Crippen LogP) is 5.39. The normalized spacial score (nSPS) is 12.5. The van der Waals surface area contributed by atoms with Crippen molar-refractivity contribution >= 4 is 34.0 Å². The van der Waals surface area contributed by atoms with Gasteiger partial charge in [-0.25, -0.2) is 0 Å². The van der Waals surface area contributed by atoms with Gasteiger partial charge in [0.1, 0.15) is 0 Å². The third-order valence-electron chi connectivity index (χ3n) is 3.63. The maximum atomic E-state index is 6.29. The molecule has 0 heterocycles. The summed E-state index contributed by atoms with van der Waals surface area (Å²) in [6.07, 6.45) is 0.742. The molecule has 0 aliphatic heterocycles. The Morgan fingerprint density at radius 1 is 0.857 bits per heavy atom. The summed E-state index contributed by atoms with van der Waals surface area (Å²) in [6.45, 7) is 0. The fourth-order valence-corrected chi connectivity index (χ4v) is 3.08. The minimum Gasteiger partial charge on any atom is -0.324 e. The van der Waals surface area contributed by atoms with Crippen LogP contribution in [-0.4, -0.2) is 0 Å². The van der Waals surface area contributed by atoms with Crippen LogP contribution >= 0.6 is 23.2 Å². The maximum Gasteiger partial charge on any atom is 0.0468 e. The molecule has 0 radical (unpaired) electrons. The van der Waals surface area contributed by atoms with Gasteiger partial charge in [0.05, 0.1) is 0 Å². The highest BCUT2D eigenvalue weighted by molar-refractivity contribution is 6.35. The Kier molecular flexibility index (Phi) is 4.16. The molecule has 21 heavy (non-hydrogen) atoms. The van der Waals surface area contributed by atoms with Gasteiger partial charge in [-0.1, -0.05) is 71.7 Å². The van der Waals surface area contributed by atoms with E-state index < -0.39 is 0 Å². The fourth-order valence-electron chi connectivity index (χ4n) is 2.53. The zero-order valence-electron chi connectivity index (χ0n) is 11.4. The Labute approximate surface area is 134 Å². The van der Waals surface area contributed by atoms with E-state index in [2.05, 4.69) is 30.3 Å². The highest BCUT2D eigenvalue weighted by atomic mass is 35.5. The van der Waals surface area contributed by atoms with E-state index in [-0.39, 0.29) is 6.04 Å². The maximum absolute atomic E-state index is 6.29. The molecule has 0 aromatic heterocycles. The van der Waals surface area contributed by atoms with Crippen LogP contribution in [0, 0.1) is 0 Å². The first kappa shape index (κ1) is 14.4. The average molecular weight is 316 g/mol. The van der Waals surface area contributed by atoms with Crippen LogP contribution in [0.25, 0.3) is 10.8 Å². The summed E-state index contributed by atoms with van der Waals surface area (Å²) in [5.41, 5.74) is 8.42. The molecule has 0 fully saturated rings. The Balaban J connectivity index is 1.87. The molecule has 2 N–H and O–H groups in total. The van der Waals surface area contributed by atoms with Crippen LogP contribution in [0.1, 0.15) is 17.2 Å². The van der Waals surface area contributed by atoms with Crippen LogP contribution < -0.4 is 5.73 Å². The van der Waals surface area contributed by atoms with E-state index in [0.29, 0.717) is 10.0 Å². The molecule has 0 saturated heterocycles. The first-order valence-electron chi connectivity index (χ1n) is 6.82. The van der Waals surface area contributed by atoms with Crippen LogP contribution in [-0.2, 0) is 6.42 Å². The van der Waals surface area contributed by atoms with E-state index in [9.17, 15) is 0 Å². The summed E-state index contributed by atoms with van der Waals surface area (Å²) < 4.78 is 0. The van der Waals surface area contributed by atoms with Crippen molar-refractivity contribution in [2.24, 2.45) is 5.73 Å². The summed E-state index contributed by atoms with van der Waals surface area (Å²) in [6, 6.07) is 20.0. The number of fused-ring (bicyclic) bond motifs is 1. The SMILES string of the molecule is NC(Cc1ccc2ccccc2c1)c1ccc(Cl)cc1Cl. The molecule has 0 saturated carbocycles. The molecule has 106 valence electrons. The Bertz CT molecular complexity index is 783. The number of halogens is 2. The van der Waals surface area contributed by atoms with E-state index in [1.165, 1.54) is 16.3 Å². The van der Waals surface area contributed by atoms with Crippen molar-refractivity contribution in [3.63, 3.8) is 0 Å². The molecule has 0 spiro atoms. The van der Waals surface area contributed by atoms with Gasteiger partial charge in [0, 0.05) is 16.1 Å². The van der Waals surface area contributed by atoms with E-state index in [1.54, 1.807) is 6.07 Å². The lowest BCUT2D eigenvalue weighted by atomic mass is 9.97. The molecule has 3 rings (SSSR count). The summed E-state index contributed by atoms with van der Waals surface area (Å²) in [7, 11) is 0.